The van der Waals surface area contributed by atoms with Gasteiger partial charge in [0.05, 0.1) is 60.8 Å². The number of anilines is 1. The monoisotopic (exact) mass is 1130 g/mol. The van der Waals surface area contributed by atoms with E-state index in [1.54, 1.807) is 25.5 Å². The van der Waals surface area contributed by atoms with Crippen LogP contribution in [0.2, 0.25) is 0 Å². The van der Waals surface area contributed by atoms with Crippen molar-refractivity contribution in [1.82, 2.24) is 74.6 Å². The number of aromatic amines is 2. The highest BCUT2D eigenvalue weighted by molar-refractivity contribution is 7.82. The van der Waals surface area contributed by atoms with Crippen LogP contribution in [0.4, 0.5) is 40.2 Å². The van der Waals surface area contributed by atoms with Crippen LogP contribution in [0.5, 0.6) is 0 Å². The van der Waals surface area contributed by atoms with Gasteiger partial charge in [0.1, 0.15) is 17.5 Å². The van der Waals surface area contributed by atoms with Gasteiger partial charge in [-0.1, -0.05) is 74.4 Å². The zero-order chi connectivity index (χ0) is 58.6. The molecule has 0 fully saturated rings. The third-order valence-electron chi connectivity index (χ3n) is 9.31. The number of carbonyl (C=O) groups excluding carboxylic acids is 1. The molecule has 0 aliphatic heterocycles. The van der Waals surface area contributed by atoms with E-state index in [1.165, 1.54) is 23.3 Å². The zero-order valence-electron chi connectivity index (χ0n) is 42.0. The second kappa shape index (κ2) is 27.7. The maximum Gasteiger partial charge on any atom is 0.478 e. The van der Waals surface area contributed by atoms with Crippen molar-refractivity contribution < 1.29 is 50.9 Å². The minimum Gasteiger partial charge on any atom is -0.392 e. The summed E-state index contributed by atoms with van der Waals surface area (Å²) in [4.78, 5) is 31.3. The smallest absolute Gasteiger partial charge is 0.392 e. The van der Waals surface area contributed by atoms with Gasteiger partial charge in [0.25, 0.3) is 5.69 Å². The number of nitrogens with zero attached hydrogens (tertiary/aromatic N) is 19. The van der Waals surface area contributed by atoms with Gasteiger partial charge in [-0.2, -0.15) is 36.3 Å². The lowest BCUT2D eigenvalue weighted by atomic mass is 10.3. The number of carbonyl (C=O) groups is 1. The lowest BCUT2D eigenvalue weighted by Gasteiger charge is -2.03. The van der Waals surface area contributed by atoms with Crippen LogP contribution >= 0.6 is 0 Å². The topological polar surface area (TPSA) is 423 Å². The number of nitrogens with two attached hydrogens (primary N) is 1. The normalized spacial score (nSPS) is 10.6. The Bertz CT molecular complexity index is 4080. The summed E-state index contributed by atoms with van der Waals surface area (Å²) in [7, 11) is -9.05. The van der Waals surface area contributed by atoms with Crippen LogP contribution in [-0.4, -0.2) is 107 Å². The van der Waals surface area contributed by atoms with Crippen LogP contribution in [0.1, 0.15) is 31.4 Å². The average Bonchev–Trinajstić information content (AvgIpc) is 4.33. The summed E-state index contributed by atoms with van der Waals surface area (Å²) >= 11 is 0. The maximum atomic E-state index is 9.89. The Balaban J connectivity index is 0.000000221. The van der Waals surface area contributed by atoms with Crippen molar-refractivity contribution in [3.63, 3.8) is 0 Å². The number of aryl methyl sites for hydroxylation is 4. The van der Waals surface area contributed by atoms with E-state index in [0.717, 1.165) is 52.5 Å². The van der Waals surface area contributed by atoms with Gasteiger partial charge >= 0.3 is 38.3 Å². The second-order valence-electron chi connectivity index (χ2n) is 15.0. The Kier molecular flexibility index (Phi) is 20.8. The Labute approximate surface area is 453 Å². The zero-order valence-corrected chi connectivity index (χ0v) is 43.6. The van der Waals surface area contributed by atoms with Crippen molar-refractivity contribution >= 4 is 78.3 Å². The molecule has 0 radical (unpaired) electrons. The number of para-hydroxylation sites is 3. The predicted molar refractivity (Wildman–Crippen MR) is 281 cm³/mol. The third kappa shape index (κ3) is 16.5. The van der Waals surface area contributed by atoms with Crippen molar-refractivity contribution in [2.75, 3.05) is 5.73 Å². The Morgan fingerprint density at radius 3 is 1.71 bits per heavy atom. The first-order valence-electron chi connectivity index (χ1n) is 21.8. The van der Waals surface area contributed by atoms with Crippen LogP contribution in [-0.2, 0) is 38.4 Å². The number of hydrogen-bond acceptors (Lipinski definition) is 22. The molecule has 0 bridgehead atoms. The number of H-pyrrole nitrogens is 2. The molecule has 0 unspecified atom stereocenters. The number of nitrogens with one attached hydrogen (secondary N) is 3. The van der Waals surface area contributed by atoms with Crippen molar-refractivity contribution in [3.8, 4) is 17.1 Å². The Morgan fingerprint density at radius 2 is 1.24 bits per heavy atom. The Hall–Kier alpha value is -10.9. The molecule has 7 heterocycles. The largest absolute Gasteiger partial charge is 0.478 e. The summed E-state index contributed by atoms with van der Waals surface area (Å²) < 4.78 is 63.1. The molecule has 0 amide bonds. The fourth-order valence-corrected chi connectivity index (χ4v) is 6.60. The number of diazo groups is 1. The minimum absolute atomic E-state index is 0. The fourth-order valence-electron chi connectivity index (χ4n) is 6.19. The quantitative estimate of drug-likeness (QED) is 0.0182. The highest BCUT2D eigenvalue weighted by Gasteiger charge is 2.24. The molecular weight excluding hydrogens is 1090 g/mol. The summed E-state index contributed by atoms with van der Waals surface area (Å²) in [5, 5.41) is 58.9. The number of aromatic nitrogens is 14. The minimum atomic E-state index is -4.54. The van der Waals surface area contributed by atoms with Gasteiger partial charge < -0.3 is 9.92 Å². The summed E-state index contributed by atoms with van der Waals surface area (Å²) in [6.45, 7) is 29.4. The van der Waals surface area contributed by atoms with E-state index < -0.39 is 26.8 Å². The van der Waals surface area contributed by atoms with Crippen molar-refractivity contribution in [3.05, 3.63) is 178 Å². The van der Waals surface area contributed by atoms with Crippen molar-refractivity contribution in [2.24, 2.45) is 10.2 Å². The Morgan fingerprint density at radius 1 is 0.738 bits per heavy atom. The van der Waals surface area contributed by atoms with Gasteiger partial charge in [-0.05, 0) is 64.1 Å². The van der Waals surface area contributed by atoms with Gasteiger partial charge in [-0.25, -0.2) is 39.1 Å². The van der Waals surface area contributed by atoms with Crippen LogP contribution in [0.15, 0.2) is 126 Å². The number of azo groups is 1. The number of benzene rings is 3. The summed E-state index contributed by atoms with van der Waals surface area (Å²) in [5.41, 5.74) is 13.8. The van der Waals surface area contributed by atoms with Crippen LogP contribution in [0.25, 0.3) is 47.9 Å². The molecule has 0 saturated heterocycles. The highest BCUT2D eigenvalue weighted by atomic mass is 32.3. The van der Waals surface area contributed by atoms with E-state index in [4.69, 9.17) is 45.9 Å². The summed E-state index contributed by atoms with van der Waals surface area (Å²) in [6, 6.07) is 30.1. The molecule has 10 aromatic rings. The van der Waals surface area contributed by atoms with Gasteiger partial charge in [0.15, 0.2) is 22.8 Å². The van der Waals surface area contributed by atoms with Crippen LogP contribution in [0.3, 0.4) is 0 Å². The van der Waals surface area contributed by atoms with Crippen molar-refractivity contribution in [2.45, 2.75) is 34.6 Å². The third-order valence-corrected chi connectivity index (χ3v) is 10.2. The van der Waals surface area contributed by atoms with Crippen molar-refractivity contribution in [1.29, 1.82) is 5.39 Å². The first kappa shape index (κ1) is 59.9. The molecule has 80 heavy (non-hydrogen) atoms. The lowest BCUT2D eigenvalue weighted by molar-refractivity contribution is -0.152. The standard InChI is InChI=1S/C16H13N9.C10H6N5.C10H8N4.C6H8N4.C2H4O6S.H3NO5S.H2/c1-10-14(16-19-11(2)23-25(16)22-10)20-21-15-13(17-3)9-18-24(15)12-7-5-4-6-8-12;1-12-9-7-13-15(10(9)14-11)8-5-3-2-4-6-8;1-12-9-7-13-14(10(9)11)8-5-3-2-4-6-8;1-4-3-6-7-5(2)9-10(6)8-4;1-2(3)7-9(5,6)8-4;2-1-6-7(3,4)5;/h4-9,22H,1-2H3;2-7H;2-7H,11H2;3,8H,1-2H3;4H,1H3;1-2H,(H,3,4,5);1H/q;+1;;;;;. The molecule has 34 nitrogen and oxygen atoms in total. The van der Waals surface area contributed by atoms with Gasteiger partial charge in [-0.15, -0.1) is 24.7 Å². The molecule has 0 aliphatic rings. The molecule has 0 atom stereocenters. The molecule has 36 heteroatoms. The van der Waals surface area contributed by atoms with E-state index >= 15 is 0 Å². The molecule has 10 rings (SSSR count). The van der Waals surface area contributed by atoms with Gasteiger partial charge in [0.2, 0.25) is 11.3 Å². The van der Waals surface area contributed by atoms with E-state index in [2.05, 4.69) is 88.2 Å². The molecule has 3 aromatic carbocycles. The average molecular weight is 1140 g/mol. The SMILES string of the molecule is CC(=O)OS(=O)(=O)OO.Cc1nc2cc(C)[nH]n2n1.O=S(=O)(O)ONO.[C-]#[N+]c1cnn(-c2ccccc2)c1N.[C-]#[N+]c1cnn(-c2ccccc2)c1N=Nc1c(C)[nH]n2nc(C)nc12.[C-]#[N+]c1cnn(-c2ccccc2)c1[N+]#N.[HH]. The van der Waals surface area contributed by atoms with E-state index in [-0.39, 0.29) is 12.9 Å². The molecule has 0 saturated carbocycles. The van der Waals surface area contributed by atoms with E-state index in [0.29, 0.717) is 40.2 Å². The summed E-state index contributed by atoms with van der Waals surface area (Å²) in [6.07, 6.45) is 4.32. The summed E-state index contributed by atoms with van der Waals surface area (Å²) in [5.74, 6) is 1.26. The van der Waals surface area contributed by atoms with E-state index in [1.807, 2.05) is 118 Å². The predicted octanol–water partition coefficient (Wildman–Crippen LogP) is 7.64. The maximum absolute atomic E-state index is 9.89. The molecule has 0 aliphatic carbocycles. The molecular formula is C44H44N23O11S2+. The van der Waals surface area contributed by atoms with Crippen LogP contribution in [0, 0.1) is 52.8 Å². The van der Waals surface area contributed by atoms with E-state index in [9.17, 15) is 21.6 Å². The van der Waals surface area contributed by atoms with Gasteiger partial charge in [-0.3, -0.25) is 24.8 Å². The molecule has 412 valence electrons. The number of hydrogen-bond donors (Lipinski definition) is 7. The lowest BCUT2D eigenvalue weighted by Crippen LogP contribution is -2.14. The first-order chi connectivity index (χ1) is 38.2. The second-order valence-corrected chi connectivity index (χ2v) is 17.2. The fraction of sp³-hybridized carbons (Fsp3) is 0.114. The number of rotatable bonds is 9. The van der Waals surface area contributed by atoms with Crippen LogP contribution < -0.4 is 11.4 Å². The number of fused-ring (bicyclic) bond motifs is 2. The molecule has 7 aromatic heterocycles. The number of nitrogen functional groups attached to an aromatic ring is 1. The first-order valence-corrected chi connectivity index (χ1v) is 24.5. The van der Waals surface area contributed by atoms with Gasteiger partial charge in [0, 0.05) is 25.1 Å². The molecule has 8 N–H and O–H groups in total. The molecule has 0 spiro atoms. The highest BCUT2D eigenvalue weighted by Crippen LogP contribution is 2.34.